The van der Waals surface area contributed by atoms with E-state index < -0.39 is 0 Å². The molecule has 118 valence electrons. The van der Waals surface area contributed by atoms with Crippen molar-refractivity contribution in [1.29, 1.82) is 0 Å². The van der Waals surface area contributed by atoms with E-state index in [-0.39, 0.29) is 17.9 Å². The van der Waals surface area contributed by atoms with Gasteiger partial charge in [0.25, 0.3) is 5.91 Å². The number of benzene rings is 2. The summed E-state index contributed by atoms with van der Waals surface area (Å²) in [7, 11) is 0. The van der Waals surface area contributed by atoms with Gasteiger partial charge in [0, 0.05) is 12.1 Å². The Morgan fingerprint density at radius 2 is 1.61 bits per heavy atom. The van der Waals surface area contributed by atoms with Crippen LogP contribution in [0.3, 0.4) is 0 Å². The minimum Gasteiger partial charge on any atom is -0.350 e. The molecule has 2 amide bonds. The number of hydrogen-bond acceptors (Lipinski definition) is 2. The minimum atomic E-state index is -0.279. The number of carbonyl (C=O) groups is 2. The van der Waals surface area contributed by atoms with E-state index >= 15 is 0 Å². The molecule has 2 rings (SSSR count). The summed E-state index contributed by atoms with van der Waals surface area (Å²) in [6.45, 7) is 3.78. The number of nitrogens with one attached hydrogen (secondary N) is 2. The second-order valence-corrected chi connectivity index (χ2v) is 5.41. The lowest BCUT2D eigenvalue weighted by atomic mass is 10.1. The molecule has 0 saturated carbocycles. The Morgan fingerprint density at radius 1 is 0.957 bits per heavy atom. The molecule has 4 heteroatoms. The summed E-state index contributed by atoms with van der Waals surface area (Å²) in [5.74, 6) is -0.485. The van der Waals surface area contributed by atoms with Gasteiger partial charge in [-0.3, -0.25) is 9.59 Å². The van der Waals surface area contributed by atoms with Crippen LogP contribution in [0.1, 0.15) is 29.8 Å². The Bertz CT molecular complexity index is 706. The SMILES string of the molecule is CC(C)NC(=O)c1ccccc1NC(=O)/C=C/c1ccccc1. The zero-order chi connectivity index (χ0) is 16.7. The minimum absolute atomic E-state index is 0.0317. The molecule has 0 fully saturated rings. The van der Waals surface area contributed by atoms with E-state index in [1.165, 1.54) is 6.08 Å². The van der Waals surface area contributed by atoms with Gasteiger partial charge in [0.15, 0.2) is 0 Å². The predicted octanol–water partition coefficient (Wildman–Crippen LogP) is 3.48. The maximum absolute atomic E-state index is 12.2. The van der Waals surface area contributed by atoms with Gasteiger partial charge in [-0.2, -0.15) is 0 Å². The third kappa shape index (κ3) is 5.11. The van der Waals surface area contributed by atoms with Crippen molar-refractivity contribution in [2.45, 2.75) is 19.9 Å². The highest BCUT2D eigenvalue weighted by atomic mass is 16.2. The number of hydrogen-bond donors (Lipinski definition) is 2. The van der Waals surface area contributed by atoms with Crippen LogP contribution in [-0.4, -0.2) is 17.9 Å². The van der Waals surface area contributed by atoms with E-state index in [1.807, 2.05) is 44.2 Å². The van der Waals surface area contributed by atoms with Crippen molar-refractivity contribution in [1.82, 2.24) is 5.32 Å². The number of rotatable bonds is 5. The fourth-order valence-electron chi connectivity index (χ4n) is 2.04. The number of anilines is 1. The average Bonchev–Trinajstić information content (AvgIpc) is 2.54. The van der Waals surface area contributed by atoms with Crippen LogP contribution in [-0.2, 0) is 4.79 Å². The topological polar surface area (TPSA) is 58.2 Å². The highest BCUT2D eigenvalue weighted by molar-refractivity contribution is 6.07. The average molecular weight is 308 g/mol. The Hall–Kier alpha value is -2.88. The largest absolute Gasteiger partial charge is 0.350 e. The van der Waals surface area contributed by atoms with Gasteiger partial charge >= 0.3 is 0 Å². The molecule has 0 unspecified atom stereocenters. The van der Waals surface area contributed by atoms with E-state index in [9.17, 15) is 9.59 Å². The van der Waals surface area contributed by atoms with Gasteiger partial charge in [0.2, 0.25) is 5.91 Å². The fourth-order valence-corrected chi connectivity index (χ4v) is 2.04. The second kappa shape index (κ2) is 7.94. The molecule has 0 aliphatic heterocycles. The van der Waals surface area contributed by atoms with Gasteiger partial charge in [-0.15, -0.1) is 0 Å². The van der Waals surface area contributed by atoms with Crippen LogP contribution in [0.2, 0.25) is 0 Å². The van der Waals surface area contributed by atoms with Gasteiger partial charge in [-0.05, 0) is 37.6 Å². The lowest BCUT2D eigenvalue weighted by molar-refractivity contribution is -0.111. The molecule has 2 aromatic rings. The number of amides is 2. The Kier molecular flexibility index (Phi) is 5.69. The molecule has 4 nitrogen and oxygen atoms in total. The highest BCUT2D eigenvalue weighted by Crippen LogP contribution is 2.15. The van der Waals surface area contributed by atoms with Crippen LogP contribution >= 0.6 is 0 Å². The molecule has 0 heterocycles. The molecule has 0 aromatic heterocycles. The first-order chi connectivity index (χ1) is 11.1. The molecule has 0 radical (unpaired) electrons. The zero-order valence-electron chi connectivity index (χ0n) is 13.2. The Labute approximate surface area is 136 Å². The van der Waals surface area contributed by atoms with Gasteiger partial charge < -0.3 is 10.6 Å². The van der Waals surface area contributed by atoms with Gasteiger partial charge in [-0.25, -0.2) is 0 Å². The first-order valence-electron chi connectivity index (χ1n) is 7.50. The van der Waals surface area contributed by atoms with E-state index in [0.29, 0.717) is 11.3 Å². The smallest absolute Gasteiger partial charge is 0.253 e. The molecule has 23 heavy (non-hydrogen) atoms. The highest BCUT2D eigenvalue weighted by Gasteiger charge is 2.12. The Balaban J connectivity index is 2.09. The standard InChI is InChI=1S/C19H20N2O2/c1-14(2)20-19(23)16-10-6-7-11-17(16)21-18(22)13-12-15-8-4-3-5-9-15/h3-14H,1-2H3,(H,20,23)(H,21,22)/b13-12+. The molecule has 0 bridgehead atoms. The molecular formula is C19H20N2O2. The van der Waals surface area contributed by atoms with Crippen molar-refractivity contribution >= 4 is 23.6 Å². The van der Waals surface area contributed by atoms with E-state index in [4.69, 9.17) is 0 Å². The summed E-state index contributed by atoms with van der Waals surface area (Å²) in [5, 5.41) is 5.57. The number of carbonyl (C=O) groups excluding carboxylic acids is 2. The van der Waals surface area contributed by atoms with Crippen LogP contribution in [0.5, 0.6) is 0 Å². The summed E-state index contributed by atoms with van der Waals surface area (Å²) >= 11 is 0. The van der Waals surface area contributed by atoms with Crippen LogP contribution in [0, 0.1) is 0 Å². The molecule has 0 atom stereocenters. The van der Waals surface area contributed by atoms with Crippen LogP contribution < -0.4 is 10.6 Å². The summed E-state index contributed by atoms with van der Waals surface area (Å²) < 4.78 is 0. The maximum atomic E-state index is 12.2. The molecule has 2 aromatic carbocycles. The first kappa shape index (κ1) is 16.5. The van der Waals surface area contributed by atoms with E-state index in [1.54, 1.807) is 30.3 Å². The zero-order valence-corrected chi connectivity index (χ0v) is 13.2. The predicted molar refractivity (Wildman–Crippen MR) is 93.1 cm³/mol. The lowest BCUT2D eigenvalue weighted by Gasteiger charge is -2.12. The fraction of sp³-hybridized carbons (Fsp3) is 0.158. The first-order valence-corrected chi connectivity index (χ1v) is 7.50. The maximum Gasteiger partial charge on any atom is 0.253 e. The van der Waals surface area contributed by atoms with Crippen LogP contribution in [0.25, 0.3) is 6.08 Å². The van der Waals surface area contributed by atoms with Gasteiger partial charge in [0.05, 0.1) is 11.3 Å². The number of para-hydroxylation sites is 1. The monoisotopic (exact) mass is 308 g/mol. The van der Waals surface area contributed by atoms with Gasteiger partial charge in [0.1, 0.15) is 0 Å². The summed E-state index contributed by atoms with van der Waals surface area (Å²) in [5.41, 5.74) is 1.88. The summed E-state index contributed by atoms with van der Waals surface area (Å²) in [6, 6.07) is 16.5. The molecule has 0 aliphatic rings. The third-order valence-corrected chi connectivity index (χ3v) is 3.08. The van der Waals surface area contributed by atoms with E-state index in [2.05, 4.69) is 10.6 Å². The molecule has 0 saturated heterocycles. The van der Waals surface area contributed by atoms with E-state index in [0.717, 1.165) is 5.56 Å². The van der Waals surface area contributed by atoms with Crippen molar-refractivity contribution in [3.05, 3.63) is 71.8 Å². The Morgan fingerprint density at radius 3 is 2.30 bits per heavy atom. The quantitative estimate of drug-likeness (QED) is 0.831. The summed E-state index contributed by atoms with van der Waals surface area (Å²) in [4.78, 5) is 24.2. The molecule has 0 aliphatic carbocycles. The molecule has 0 spiro atoms. The van der Waals surface area contributed by atoms with Crippen LogP contribution in [0.4, 0.5) is 5.69 Å². The van der Waals surface area contributed by atoms with Crippen molar-refractivity contribution in [2.75, 3.05) is 5.32 Å². The normalized spacial score (nSPS) is 10.7. The molecular weight excluding hydrogens is 288 g/mol. The third-order valence-electron chi connectivity index (χ3n) is 3.08. The van der Waals surface area contributed by atoms with Crippen molar-refractivity contribution in [3.63, 3.8) is 0 Å². The van der Waals surface area contributed by atoms with Crippen molar-refractivity contribution in [2.24, 2.45) is 0 Å². The van der Waals surface area contributed by atoms with Crippen LogP contribution in [0.15, 0.2) is 60.7 Å². The van der Waals surface area contributed by atoms with Gasteiger partial charge in [-0.1, -0.05) is 42.5 Å². The molecule has 2 N–H and O–H groups in total. The summed E-state index contributed by atoms with van der Waals surface area (Å²) in [6.07, 6.45) is 3.18. The van der Waals surface area contributed by atoms with Crippen molar-refractivity contribution < 1.29 is 9.59 Å². The lowest BCUT2D eigenvalue weighted by Crippen LogP contribution is -2.30. The second-order valence-electron chi connectivity index (χ2n) is 5.41. The van der Waals surface area contributed by atoms with Crippen molar-refractivity contribution in [3.8, 4) is 0 Å².